The van der Waals surface area contributed by atoms with E-state index >= 15 is 0 Å². The number of nitrogens with zero attached hydrogens (tertiary/aromatic N) is 2. The van der Waals surface area contributed by atoms with Crippen LogP contribution in [0.2, 0.25) is 0 Å². The van der Waals surface area contributed by atoms with Gasteiger partial charge in [0, 0.05) is 18.0 Å². The van der Waals surface area contributed by atoms with E-state index in [9.17, 15) is 4.79 Å². The van der Waals surface area contributed by atoms with Gasteiger partial charge in [0.2, 0.25) is 5.91 Å². The number of imidazole rings is 1. The molecule has 2 aromatic carbocycles. The van der Waals surface area contributed by atoms with Gasteiger partial charge in [-0.25, -0.2) is 4.98 Å². The third kappa shape index (κ3) is 2.44. The summed E-state index contributed by atoms with van der Waals surface area (Å²) in [7, 11) is 1.64. The second-order valence-corrected chi connectivity index (χ2v) is 5.76. The molecule has 1 aromatic heterocycles. The molecule has 1 aliphatic heterocycles. The zero-order valence-corrected chi connectivity index (χ0v) is 13.3. The minimum atomic E-state index is -0.0190. The molecule has 0 bridgehead atoms. The summed E-state index contributed by atoms with van der Waals surface area (Å²) >= 11 is 0. The molecule has 24 heavy (non-hydrogen) atoms. The number of hydrogen-bond donors (Lipinski definition) is 1. The molecule has 2 heterocycles. The van der Waals surface area contributed by atoms with Crippen molar-refractivity contribution in [3.05, 3.63) is 72.2 Å². The van der Waals surface area contributed by atoms with Crippen molar-refractivity contribution in [1.82, 2.24) is 9.55 Å². The molecule has 0 spiro atoms. The Labute approximate surface area is 139 Å². The quantitative estimate of drug-likeness (QED) is 0.805. The fraction of sp³-hybridized carbons (Fsp3) is 0.158. The molecule has 0 aliphatic carbocycles. The Balaban J connectivity index is 1.78. The van der Waals surface area contributed by atoms with Crippen LogP contribution in [0.5, 0.6) is 5.75 Å². The smallest absolute Gasteiger partial charge is 0.226 e. The Morgan fingerprint density at radius 3 is 2.58 bits per heavy atom. The number of fused-ring (bicyclic) bond motifs is 1. The molecule has 1 N–H and O–H groups in total. The second kappa shape index (κ2) is 5.85. The molecule has 1 amide bonds. The molecule has 1 aliphatic rings. The number of ether oxygens (including phenoxy) is 1. The van der Waals surface area contributed by atoms with Crippen LogP contribution in [0, 0.1) is 0 Å². The number of nitrogens with one attached hydrogen (secondary N) is 1. The van der Waals surface area contributed by atoms with Gasteiger partial charge in [-0.2, -0.15) is 0 Å². The summed E-state index contributed by atoms with van der Waals surface area (Å²) in [6, 6.07) is 17.7. The van der Waals surface area contributed by atoms with Gasteiger partial charge in [0.05, 0.1) is 12.8 Å². The fourth-order valence-electron chi connectivity index (χ4n) is 3.11. The number of rotatable bonds is 3. The van der Waals surface area contributed by atoms with Crippen molar-refractivity contribution in [2.24, 2.45) is 0 Å². The Kier molecular flexibility index (Phi) is 3.54. The highest BCUT2D eigenvalue weighted by molar-refractivity contribution is 5.94. The topological polar surface area (TPSA) is 56.1 Å². The predicted octanol–water partition coefficient (Wildman–Crippen LogP) is 3.36. The molecule has 5 nitrogen and oxygen atoms in total. The summed E-state index contributed by atoms with van der Waals surface area (Å²) < 4.78 is 7.10. The van der Waals surface area contributed by atoms with Crippen LogP contribution in [0.4, 0.5) is 5.82 Å². The SMILES string of the molecule is COc1ccc(-n2cnc3c2NC(=O)C[C@@H]3c2ccccc2)cc1. The first-order valence-electron chi connectivity index (χ1n) is 7.82. The normalized spacial score (nSPS) is 16.4. The lowest BCUT2D eigenvalue weighted by atomic mass is 9.90. The van der Waals surface area contributed by atoms with Crippen molar-refractivity contribution < 1.29 is 9.53 Å². The van der Waals surface area contributed by atoms with Gasteiger partial charge in [-0.3, -0.25) is 9.36 Å². The number of benzene rings is 2. The molecular formula is C19H17N3O2. The Morgan fingerprint density at radius 1 is 1.12 bits per heavy atom. The van der Waals surface area contributed by atoms with Gasteiger partial charge in [0.1, 0.15) is 17.9 Å². The summed E-state index contributed by atoms with van der Waals surface area (Å²) in [5.74, 6) is 1.52. The lowest BCUT2D eigenvalue weighted by Gasteiger charge is -2.23. The molecule has 5 heteroatoms. The first-order valence-corrected chi connectivity index (χ1v) is 7.82. The van der Waals surface area contributed by atoms with E-state index in [1.165, 1.54) is 0 Å². The molecule has 0 saturated carbocycles. The van der Waals surface area contributed by atoms with Gasteiger partial charge < -0.3 is 10.1 Å². The maximum atomic E-state index is 12.2. The number of aromatic nitrogens is 2. The van der Waals surface area contributed by atoms with Gasteiger partial charge >= 0.3 is 0 Å². The predicted molar refractivity (Wildman–Crippen MR) is 91.6 cm³/mol. The van der Waals surface area contributed by atoms with Crippen molar-refractivity contribution in [2.75, 3.05) is 12.4 Å². The second-order valence-electron chi connectivity index (χ2n) is 5.76. The van der Waals surface area contributed by atoms with Gasteiger partial charge in [0.15, 0.2) is 0 Å². The Bertz CT molecular complexity index is 869. The highest BCUT2D eigenvalue weighted by Crippen LogP contribution is 2.37. The average Bonchev–Trinajstić information content (AvgIpc) is 3.05. The van der Waals surface area contributed by atoms with Gasteiger partial charge in [0.25, 0.3) is 0 Å². The molecule has 0 fully saturated rings. The van der Waals surface area contributed by atoms with Crippen LogP contribution in [0.25, 0.3) is 5.69 Å². The van der Waals surface area contributed by atoms with E-state index in [-0.39, 0.29) is 11.8 Å². The van der Waals surface area contributed by atoms with Crippen LogP contribution in [0.15, 0.2) is 60.9 Å². The maximum Gasteiger partial charge on any atom is 0.226 e. The largest absolute Gasteiger partial charge is 0.497 e. The highest BCUT2D eigenvalue weighted by atomic mass is 16.5. The van der Waals surface area contributed by atoms with Crippen LogP contribution in [0.3, 0.4) is 0 Å². The van der Waals surface area contributed by atoms with Crippen molar-refractivity contribution >= 4 is 11.7 Å². The summed E-state index contributed by atoms with van der Waals surface area (Å²) in [5.41, 5.74) is 2.93. The number of hydrogen-bond acceptors (Lipinski definition) is 3. The van der Waals surface area contributed by atoms with Crippen molar-refractivity contribution in [3.8, 4) is 11.4 Å². The minimum Gasteiger partial charge on any atom is -0.497 e. The number of methoxy groups -OCH3 is 1. The third-order valence-electron chi connectivity index (χ3n) is 4.33. The molecule has 3 aromatic rings. The number of anilines is 1. The summed E-state index contributed by atoms with van der Waals surface area (Å²) in [5, 5.41) is 2.97. The number of carbonyl (C=O) groups excluding carboxylic acids is 1. The van der Waals surface area contributed by atoms with E-state index in [0.717, 1.165) is 28.5 Å². The molecule has 1 atom stereocenters. The fourth-order valence-corrected chi connectivity index (χ4v) is 3.11. The van der Waals surface area contributed by atoms with Gasteiger partial charge in [-0.15, -0.1) is 0 Å². The minimum absolute atomic E-state index is 0.00612. The molecule has 4 rings (SSSR count). The molecule has 0 radical (unpaired) electrons. The summed E-state index contributed by atoms with van der Waals surface area (Å²) in [6.07, 6.45) is 2.17. The van der Waals surface area contributed by atoms with Crippen LogP contribution in [-0.2, 0) is 4.79 Å². The van der Waals surface area contributed by atoms with E-state index < -0.39 is 0 Å². The van der Waals surface area contributed by atoms with Crippen LogP contribution in [0.1, 0.15) is 23.6 Å². The number of amides is 1. The van der Waals surface area contributed by atoms with E-state index in [2.05, 4.69) is 10.3 Å². The monoisotopic (exact) mass is 319 g/mol. The van der Waals surface area contributed by atoms with Crippen molar-refractivity contribution in [1.29, 1.82) is 0 Å². The summed E-state index contributed by atoms with van der Waals surface area (Å²) in [4.78, 5) is 16.8. The Hall–Kier alpha value is -3.08. The van der Waals surface area contributed by atoms with E-state index in [4.69, 9.17) is 4.74 Å². The highest BCUT2D eigenvalue weighted by Gasteiger charge is 2.30. The maximum absolute atomic E-state index is 12.2. The lowest BCUT2D eigenvalue weighted by Crippen LogP contribution is -2.24. The van der Waals surface area contributed by atoms with E-state index in [1.807, 2.05) is 59.2 Å². The summed E-state index contributed by atoms with van der Waals surface area (Å²) in [6.45, 7) is 0. The first-order chi connectivity index (χ1) is 11.8. The van der Waals surface area contributed by atoms with Crippen LogP contribution in [-0.4, -0.2) is 22.6 Å². The molecule has 0 unspecified atom stereocenters. The van der Waals surface area contributed by atoms with E-state index in [0.29, 0.717) is 6.42 Å². The van der Waals surface area contributed by atoms with Crippen molar-refractivity contribution in [3.63, 3.8) is 0 Å². The Morgan fingerprint density at radius 2 is 1.88 bits per heavy atom. The zero-order valence-electron chi connectivity index (χ0n) is 13.3. The van der Waals surface area contributed by atoms with Gasteiger partial charge in [-0.05, 0) is 29.8 Å². The van der Waals surface area contributed by atoms with Crippen LogP contribution >= 0.6 is 0 Å². The number of carbonyl (C=O) groups is 1. The molecule has 0 saturated heterocycles. The first kappa shape index (κ1) is 14.5. The third-order valence-corrected chi connectivity index (χ3v) is 4.33. The van der Waals surface area contributed by atoms with Crippen molar-refractivity contribution in [2.45, 2.75) is 12.3 Å². The molecular weight excluding hydrogens is 302 g/mol. The van der Waals surface area contributed by atoms with Gasteiger partial charge in [-0.1, -0.05) is 30.3 Å². The lowest BCUT2D eigenvalue weighted by molar-refractivity contribution is -0.116. The zero-order chi connectivity index (χ0) is 16.5. The average molecular weight is 319 g/mol. The standard InChI is InChI=1S/C19H17N3O2/c1-24-15-9-7-14(8-10-15)22-12-20-18-16(11-17(23)21-19(18)22)13-5-3-2-4-6-13/h2-10,12,16H,11H2,1H3,(H,21,23)/t16-/m1/s1. The van der Waals surface area contributed by atoms with Crippen LogP contribution < -0.4 is 10.1 Å². The van der Waals surface area contributed by atoms with E-state index in [1.54, 1.807) is 13.4 Å². The molecule has 120 valence electrons.